The molecule has 1 fully saturated rings. The topological polar surface area (TPSA) is 44.3 Å². The molecule has 0 radical (unpaired) electrons. The van der Waals surface area contributed by atoms with E-state index >= 15 is 0 Å². The van der Waals surface area contributed by atoms with Crippen LogP contribution in [-0.4, -0.2) is 60.0 Å². The molecule has 6 heteroatoms. The van der Waals surface area contributed by atoms with Gasteiger partial charge in [0.1, 0.15) is 16.5 Å². The van der Waals surface area contributed by atoms with E-state index in [1.54, 1.807) is 0 Å². The molecule has 0 spiro atoms. The largest absolute Gasteiger partial charge is 0.368 e. The van der Waals surface area contributed by atoms with Crippen LogP contribution in [0.15, 0.2) is 0 Å². The van der Waals surface area contributed by atoms with Crippen LogP contribution in [0, 0.1) is 5.92 Å². The second kappa shape index (κ2) is 7.79. The van der Waals surface area contributed by atoms with Gasteiger partial charge in [-0.2, -0.15) is 0 Å². The summed E-state index contributed by atoms with van der Waals surface area (Å²) in [4.78, 5) is 17.4. The number of nitrogens with zero attached hydrogens (tertiary/aromatic N) is 4. The summed E-state index contributed by atoms with van der Waals surface area (Å²) in [6.45, 7) is 7.52. The Hall–Kier alpha value is -1.24. The zero-order valence-electron chi connectivity index (χ0n) is 16.3. The van der Waals surface area contributed by atoms with E-state index in [-0.39, 0.29) is 0 Å². The van der Waals surface area contributed by atoms with Crippen molar-refractivity contribution in [3.05, 3.63) is 16.3 Å². The van der Waals surface area contributed by atoms with Crippen molar-refractivity contribution < 1.29 is 0 Å². The second-order valence-corrected chi connectivity index (χ2v) is 9.30. The molecule has 3 heterocycles. The predicted octanol–water partition coefficient (Wildman–Crippen LogP) is 3.39. The minimum atomic E-state index is 0.859. The van der Waals surface area contributed by atoms with Crippen LogP contribution in [-0.2, 0) is 19.4 Å². The third kappa shape index (κ3) is 3.87. The number of piperidine rings is 1. The number of hydrogen-bond acceptors (Lipinski definition) is 6. The quantitative estimate of drug-likeness (QED) is 0.841. The van der Waals surface area contributed by atoms with Crippen molar-refractivity contribution in [3.63, 3.8) is 0 Å². The van der Waals surface area contributed by atoms with Gasteiger partial charge in [0.25, 0.3) is 0 Å². The Morgan fingerprint density at radius 2 is 2.00 bits per heavy atom. The molecule has 2 aliphatic rings. The molecule has 1 aliphatic heterocycles. The van der Waals surface area contributed by atoms with Crippen LogP contribution < -0.4 is 5.32 Å². The first kappa shape index (κ1) is 18.1. The molecule has 0 amide bonds. The van der Waals surface area contributed by atoms with Crippen molar-refractivity contribution in [2.24, 2.45) is 5.92 Å². The molecule has 0 saturated carbocycles. The van der Waals surface area contributed by atoms with Gasteiger partial charge < -0.3 is 10.2 Å². The number of aromatic nitrogens is 2. The van der Waals surface area contributed by atoms with Gasteiger partial charge in [0.2, 0.25) is 0 Å². The summed E-state index contributed by atoms with van der Waals surface area (Å²) in [6, 6.07) is 0. The third-order valence-corrected chi connectivity index (χ3v) is 6.89. The van der Waals surface area contributed by atoms with Gasteiger partial charge in [0.15, 0.2) is 0 Å². The van der Waals surface area contributed by atoms with E-state index in [4.69, 9.17) is 9.97 Å². The lowest BCUT2D eigenvalue weighted by Gasteiger charge is -2.29. The van der Waals surface area contributed by atoms with Gasteiger partial charge in [-0.1, -0.05) is 6.92 Å². The number of likely N-dealkylation sites (tertiary alicyclic amines) is 1. The van der Waals surface area contributed by atoms with Crippen molar-refractivity contribution in [1.82, 2.24) is 19.8 Å². The maximum Gasteiger partial charge on any atom is 0.146 e. The lowest BCUT2D eigenvalue weighted by molar-refractivity contribution is 0.181. The van der Waals surface area contributed by atoms with Gasteiger partial charge >= 0.3 is 0 Å². The maximum absolute atomic E-state index is 4.98. The molecule has 2 aromatic rings. The molecule has 1 saturated heterocycles. The Kier molecular flexibility index (Phi) is 5.43. The molecule has 5 nitrogen and oxygen atoms in total. The molecule has 1 aliphatic carbocycles. The molecule has 0 atom stereocenters. The summed E-state index contributed by atoms with van der Waals surface area (Å²) in [6.07, 6.45) is 6.27. The lowest BCUT2D eigenvalue weighted by Crippen LogP contribution is -2.33. The maximum atomic E-state index is 4.98. The predicted molar refractivity (Wildman–Crippen MR) is 110 cm³/mol. The van der Waals surface area contributed by atoms with E-state index < -0.39 is 0 Å². The SMILES string of the molecule is CC1CCN(Cc2nc(NCCN(C)C)c3c4c(sc3n2)CCC4)CC1. The van der Waals surface area contributed by atoms with E-state index in [9.17, 15) is 0 Å². The van der Waals surface area contributed by atoms with Gasteiger partial charge in [-0.25, -0.2) is 9.97 Å². The Morgan fingerprint density at radius 1 is 1.19 bits per heavy atom. The van der Waals surface area contributed by atoms with Crippen molar-refractivity contribution in [2.45, 2.75) is 45.6 Å². The number of thiophene rings is 1. The Morgan fingerprint density at radius 3 is 2.77 bits per heavy atom. The van der Waals surface area contributed by atoms with Crippen molar-refractivity contribution in [3.8, 4) is 0 Å². The Bertz CT molecular complexity index is 761. The van der Waals surface area contributed by atoms with Crippen LogP contribution >= 0.6 is 11.3 Å². The number of aryl methyl sites for hydroxylation is 2. The Labute approximate surface area is 160 Å². The Balaban J connectivity index is 1.60. The number of hydrogen-bond donors (Lipinski definition) is 1. The molecule has 142 valence electrons. The highest BCUT2D eigenvalue weighted by molar-refractivity contribution is 7.19. The number of anilines is 1. The van der Waals surface area contributed by atoms with Crippen LogP contribution in [0.4, 0.5) is 5.82 Å². The average Bonchev–Trinajstić information content (AvgIpc) is 3.17. The highest BCUT2D eigenvalue weighted by Crippen LogP contribution is 2.39. The summed E-state index contributed by atoms with van der Waals surface area (Å²) in [5, 5.41) is 4.92. The highest BCUT2D eigenvalue weighted by atomic mass is 32.1. The minimum Gasteiger partial charge on any atom is -0.368 e. The fourth-order valence-electron chi connectivity index (χ4n) is 4.06. The summed E-state index contributed by atoms with van der Waals surface area (Å²) < 4.78 is 0. The van der Waals surface area contributed by atoms with Crippen molar-refractivity contribution >= 4 is 27.4 Å². The second-order valence-electron chi connectivity index (χ2n) is 8.21. The average molecular weight is 374 g/mol. The normalized spacial score (nSPS) is 18.8. The van der Waals surface area contributed by atoms with E-state index in [0.717, 1.165) is 37.2 Å². The molecule has 0 unspecified atom stereocenters. The first-order valence-electron chi connectivity index (χ1n) is 10.0. The standard InChI is InChI=1S/C20H31N5S/c1-14-7-10-25(11-8-14)13-17-22-19(21-9-12-24(2)3)18-15-5-4-6-16(15)26-20(18)23-17/h14H,4-13H2,1-3H3,(H,21,22,23). The van der Waals surface area contributed by atoms with Crippen molar-refractivity contribution in [2.75, 3.05) is 45.6 Å². The summed E-state index contributed by atoms with van der Waals surface area (Å²) >= 11 is 1.90. The van der Waals surface area contributed by atoms with Crippen LogP contribution in [0.2, 0.25) is 0 Å². The first-order chi connectivity index (χ1) is 12.6. The van der Waals surface area contributed by atoms with Crippen molar-refractivity contribution in [1.29, 1.82) is 0 Å². The molecular weight excluding hydrogens is 342 g/mol. The number of nitrogens with one attached hydrogen (secondary N) is 1. The van der Waals surface area contributed by atoms with Gasteiger partial charge in [0.05, 0.1) is 11.9 Å². The van der Waals surface area contributed by atoms with Gasteiger partial charge in [-0.15, -0.1) is 11.3 Å². The first-order valence-corrected chi connectivity index (χ1v) is 10.8. The van der Waals surface area contributed by atoms with E-state index in [2.05, 4.69) is 36.1 Å². The van der Waals surface area contributed by atoms with E-state index in [1.807, 2.05) is 11.3 Å². The zero-order chi connectivity index (χ0) is 18.1. The fraction of sp³-hybridized carbons (Fsp3) is 0.700. The smallest absolute Gasteiger partial charge is 0.146 e. The zero-order valence-corrected chi connectivity index (χ0v) is 17.2. The molecular formula is C20H31N5S. The fourth-order valence-corrected chi connectivity index (χ4v) is 5.34. The van der Waals surface area contributed by atoms with E-state index in [1.165, 1.54) is 65.9 Å². The highest BCUT2D eigenvalue weighted by Gasteiger charge is 2.23. The number of rotatable bonds is 6. The van der Waals surface area contributed by atoms with Crippen LogP contribution in [0.25, 0.3) is 10.2 Å². The van der Waals surface area contributed by atoms with Gasteiger partial charge in [-0.3, -0.25) is 4.90 Å². The molecule has 1 N–H and O–H groups in total. The molecule has 2 aromatic heterocycles. The minimum absolute atomic E-state index is 0.859. The van der Waals surface area contributed by atoms with Crippen LogP contribution in [0.5, 0.6) is 0 Å². The number of fused-ring (bicyclic) bond motifs is 3. The number of likely N-dealkylation sites (N-methyl/N-ethyl adjacent to an activating group) is 1. The molecule has 26 heavy (non-hydrogen) atoms. The van der Waals surface area contributed by atoms with Crippen LogP contribution in [0.1, 0.15) is 42.5 Å². The lowest BCUT2D eigenvalue weighted by atomic mass is 9.99. The summed E-state index contributed by atoms with van der Waals surface area (Å²) in [5.74, 6) is 2.91. The van der Waals surface area contributed by atoms with Gasteiger partial charge in [0, 0.05) is 18.0 Å². The summed E-state index contributed by atoms with van der Waals surface area (Å²) in [7, 11) is 4.23. The third-order valence-electron chi connectivity index (χ3n) is 5.70. The molecule has 4 rings (SSSR count). The summed E-state index contributed by atoms with van der Waals surface area (Å²) in [5.41, 5.74) is 1.51. The molecule has 0 bridgehead atoms. The van der Waals surface area contributed by atoms with Crippen LogP contribution in [0.3, 0.4) is 0 Å². The molecule has 0 aromatic carbocycles. The van der Waals surface area contributed by atoms with Gasteiger partial charge in [-0.05, 0) is 70.8 Å². The van der Waals surface area contributed by atoms with E-state index in [0.29, 0.717) is 0 Å². The monoisotopic (exact) mass is 373 g/mol.